The van der Waals surface area contributed by atoms with Gasteiger partial charge < -0.3 is 42.9 Å². The first-order valence-corrected chi connectivity index (χ1v) is 28.6. The maximum atomic E-state index is 13.7. The number of hydrogen-bond donors (Lipinski definition) is 1. The van der Waals surface area contributed by atoms with E-state index in [-0.39, 0.29) is 59.7 Å². The number of benzene rings is 2. The molecule has 0 atom stereocenters. The number of pyridine rings is 4. The molecule has 0 bridgehead atoms. The molecule has 420 valence electrons. The summed E-state index contributed by atoms with van der Waals surface area (Å²) in [6.45, 7) is 19.6. The van der Waals surface area contributed by atoms with E-state index < -0.39 is 41.0 Å². The highest BCUT2D eigenvalue weighted by Gasteiger charge is 2.27. The van der Waals surface area contributed by atoms with Crippen molar-refractivity contribution >= 4 is 105 Å². The Bertz CT molecular complexity index is 3560. The number of halogens is 1. The summed E-state index contributed by atoms with van der Waals surface area (Å²) in [5, 5.41) is 6.26. The zero-order chi connectivity index (χ0) is 57.4. The van der Waals surface area contributed by atoms with Crippen molar-refractivity contribution in [1.82, 2.24) is 19.5 Å². The molecule has 0 amide bonds. The summed E-state index contributed by atoms with van der Waals surface area (Å²) >= 11 is 6.16. The number of aromatic amines is 1. The van der Waals surface area contributed by atoms with Crippen LogP contribution in [-0.4, -0.2) is 81.4 Å². The number of fused-ring (bicyclic) bond motifs is 4. The van der Waals surface area contributed by atoms with E-state index in [1.54, 1.807) is 90.3 Å². The van der Waals surface area contributed by atoms with Gasteiger partial charge in [0.1, 0.15) is 22.3 Å². The van der Waals surface area contributed by atoms with Crippen LogP contribution in [0.2, 0.25) is 0 Å². The third kappa shape index (κ3) is 16.8. The highest BCUT2D eigenvalue weighted by Crippen LogP contribution is 2.32. The van der Waals surface area contributed by atoms with E-state index >= 15 is 0 Å². The van der Waals surface area contributed by atoms with Crippen LogP contribution in [0.5, 0.6) is 23.3 Å². The van der Waals surface area contributed by atoms with E-state index in [4.69, 9.17) is 37.9 Å². The molecule has 0 fully saturated rings. The molecule has 0 saturated carbocycles. The largest absolute Gasteiger partial charge is 0.515 e. The molecule has 6 aromatic heterocycles. The first kappa shape index (κ1) is 60.9. The van der Waals surface area contributed by atoms with Gasteiger partial charge in [-0.25, -0.2) is 29.1 Å². The van der Waals surface area contributed by atoms with Gasteiger partial charge in [-0.3, -0.25) is 14.2 Å². The zero-order valence-corrected chi connectivity index (χ0v) is 49.1. The molecule has 0 unspecified atom stereocenters. The van der Waals surface area contributed by atoms with Gasteiger partial charge in [-0.05, 0) is 139 Å². The van der Waals surface area contributed by atoms with Gasteiger partial charge in [-0.15, -0.1) is 22.7 Å². The molecule has 0 aliphatic heterocycles. The molecule has 2 aromatic carbocycles. The minimum Gasteiger partial charge on any atom is -0.487 e. The zero-order valence-electron chi connectivity index (χ0n) is 45.9. The normalized spacial score (nSPS) is 11.3. The molecule has 0 aliphatic carbocycles. The number of H-pyrrole nitrogens is 1. The molecule has 8 aromatic rings. The Labute approximate surface area is 473 Å². The van der Waals surface area contributed by atoms with Gasteiger partial charge in [0.15, 0.2) is 0 Å². The van der Waals surface area contributed by atoms with Crippen LogP contribution in [0.4, 0.5) is 9.59 Å². The number of thiophene rings is 2. The third-order valence-electron chi connectivity index (χ3n) is 11.0. The van der Waals surface area contributed by atoms with Crippen LogP contribution >= 0.6 is 38.6 Å². The molecule has 6 heterocycles. The van der Waals surface area contributed by atoms with E-state index in [0.29, 0.717) is 39.2 Å². The Kier molecular flexibility index (Phi) is 21.6. The average molecular weight is 1190 g/mol. The standard InChI is InChI=1S/C29H32N2O7S.C15H16BrNO3.C14H17NO4S/c1-6-8-14-36-24-23(27(33)35-7-2)25-21(13-15-39-25)31(26(24)32)17-18-9-11-20-19(16-18)10-12-22(30-20)37-28(34)38-29(3,4)5;1-15(2,3)20-14(18)19-13-7-5-11-8-10(9-16)4-6-12(11)17-13;1-3-5-7-19-11-10(14(17)18-4-2)12-9(6-8-20-12)15-13(11)16/h9-13,15-16H,6-8,14,17H2,1-5H3;4-8H,9H2,1-3H3;6,8H,3-5,7H2,1-2H3,(H,15,16). The SMILES string of the molecule is CC(C)(C)OC(=O)Oc1ccc2cc(CBr)ccc2n1.CCCCOc1c(C(=O)OCC)c2sccc2[nH]c1=O.CCCCOc1c(C(=O)OCC)c2sccc2n(Cc2ccc3nc(OC(=O)OC(C)(C)C)ccc3c2)c1=O. The van der Waals surface area contributed by atoms with Gasteiger partial charge in [-0.2, -0.15) is 0 Å². The maximum Gasteiger partial charge on any atom is 0.515 e. The number of carbonyl (C=O) groups is 4. The molecule has 1 N–H and O–H groups in total. The lowest BCUT2D eigenvalue weighted by Crippen LogP contribution is -2.26. The smallest absolute Gasteiger partial charge is 0.487 e. The van der Waals surface area contributed by atoms with Crippen LogP contribution in [-0.2, 0) is 30.8 Å². The lowest BCUT2D eigenvalue weighted by Gasteiger charge is -2.18. The van der Waals surface area contributed by atoms with Crippen molar-refractivity contribution in [2.45, 2.75) is 118 Å². The van der Waals surface area contributed by atoms with Crippen molar-refractivity contribution in [3.05, 3.63) is 127 Å². The number of nitrogens with one attached hydrogen (secondary N) is 1. The van der Waals surface area contributed by atoms with Crippen LogP contribution in [0, 0.1) is 0 Å². The number of unbranched alkanes of at least 4 members (excludes halogenated alkanes) is 2. The number of hydrogen-bond acceptors (Lipinski definition) is 18. The predicted octanol–water partition coefficient (Wildman–Crippen LogP) is 13.7. The first-order valence-electron chi connectivity index (χ1n) is 25.7. The summed E-state index contributed by atoms with van der Waals surface area (Å²) in [7, 11) is 0. The lowest BCUT2D eigenvalue weighted by molar-refractivity contribution is 0.0184. The summed E-state index contributed by atoms with van der Waals surface area (Å²) in [4.78, 5) is 85.7. The molecule has 79 heavy (non-hydrogen) atoms. The minimum absolute atomic E-state index is 0.0169. The lowest BCUT2D eigenvalue weighted by atomic mass is 10.1. The fourth-order valence-electron chi connectivity index (χ4n) is 7.49. The van der Waals surface area contributed by atoms with E-state index in [0.717, 1.165) is 52.9 Å². The second-order valence-electron chi connectivity index (χ2n) is 19.5. The molecule has 0 aliphatic rings. The van der Waals surface area contributed by atoms with Gasteiger partial charge in [-0.1, -0.05) is 54.8 Å². The van der Waals surface area contributed by atoms with Gasteiger partial charge in [0.2, 0.25) is 23.3 Å². The van der Waals surface area contributed by atoms with Gasteiger partial charge in [0.05, 0.1) is 64.4 Å². The summed E-state index contributed by atoms with van der Waals surface area (Å²) in [5.74, 6) is -0.642. The monoisotopic (exact) mass is 1180 g/mol. The second-order valence-corrected chi connectivity index (χ2v) is 21.9. The van der Waals surface area contributed by atoms with E-state index in [1.807, 2.05) is 67.1 Å². The van der Waals surface area contributed by atoms with Crippen LogP contribution in [0.3, 0.4) is 0 Å². The molecule has 0 saturated heterocycles. The number of nitrogens with zero attached hydrogens (tertiary/aromatic N) is 3. The van der Waals surface area contributed by atoms with Gasteiger partial charge in [0.25, 0.3) is 11.1 Å². The number of alkyl halides is 1. The molecular formula is C58H65BrN4O14S2. The van der Waals surface area contributed by atoms with Crippen molar-refractivity contribution in [2.24, 2.45) is 0 Å². The molecule has 0 radical (unpaired) electrons. The number of rotatable bonds is 17. The number of aromatic nitrogens is 4. The number of esters is 2. The highest BCUT2D eigenvalue weighted by molar-refractivity contribution is 9.08. The number of carbonyl (C=O) groups excluding carboxylic acids is 4. The Morgan fingerprint density at radius 3 is 1.63 bits per heavy atom. The minimum atomic E-state index is -0.826. The van der Waals surface area contributed by atoms with Gasteiger partial charge >= 0.3 is 24.2 Å². The first-order chi connectivity index (χ1) is 37.7. The topological polar surface area (TPSA) is 223 Å². The number of ether oxygens (including phenoxy) is 8. The van der Waals surface area contributed by atoms with Gasteiger partial charge in [0, 0.05) is 28.2 Å². The van der Waals surface area contributed by atoms with Crippen molar-refractivity contribution in [2.75, 3.05) is 26.4 Å². The van der Waals surface area contributed by atoms with E-state index in [9.17, 15) is 28.8 Å². The molecule has 0 spiro atoms. The second kappa shape index (κ2) is 28.0. The van der Waals surface area contributed by atoms with Crippen LogP contribution in [0.25, 0.3) is 42.2 Å². The molecular weight excluding hydrogens is 1120 g/mol. The maximum absolute atomic E-state index is 13.7. The van der Waals surface area contributed by atoms with Crippen LogP contribution in [0.1, 0.15) is 127 Å². The molecule has 21 heteroatoms. The Morgan fingerprint density at radius 2 is 1.11 bits per heavy atom. The van der Waals surface area contributed by atoms with Crippen molar-refractivity contribution in [1.29, 1.82) is 0 Å². The van der Waals surface area contributed by atoms with Crippen molar-refractivity contribution in [3.63, 3.8) is 0 Å². The fraction of sp³-hybridized carbons (Fsp3) is 0.379. The van der Waals surface area contributed by atoms with Crippen molar-refractivity contribution < 1.29 is 57.1 Å². The quantitative estimate of drug-likeness (QED) is 0.0387. The Balaban J connectivity index is 0.000000211. The average Bonchev–Trinajstić information content (AvgIpc) is 4.07. The van der Waals surface area contributed by atoms with E-state index in [2.05, 4.69) is 30.9 Å². The fourth-order valence-corrected chi connectivity index (χ4v) is 9.64. The highest BCUT2D eigenvalue weighted by atomic mass is 79.9. The summed E-state index contributed by atoms with van der Waals surface area (Å²) < 4.78 is 45.2. The predicted molar refractivity (Wildman–Crippen MR) is 310 cm³/mol. The molecule has 18 nitrogen and oxygen atoms in total. The Morgan fingerprint density at radius 1 is 0.620 bits per heavy atom. The van der Waals surface area contributed by atoms with Crippen molar-refractivity contribution in [3.8, 4) is 23.3 Å². The van der Waals surface area contributed by atoms with E-state index in [1.165, 1.54) is 28.2 Å². The summed E-state index contributed by atoms with van der Waals surface area (Å²) in [6.07, 6.45) is 1.84. The third-order valence-corrected chi connectivity index (χ3v) is 13.5. The van der Waals surface area contributed by atoms with Crippen LogP contribution in [0.15, 0.2) is 93.1 Å². The molecule has 8 rings (SSSR count). The Hall–Kier alpha value is -7.36. The summed E-state index contributed by atoms with van der Waals surface area (Å²) in [6, 6.07) is 22.0. The van der Waals surface area contributed by atoms with Crippen LogP contribution < -0.4 is 30.1 Å². The summed E-state index contributed by atoms with van der Waals surface area (Å²) in [5.41, 5.74) is 3.04.